The Balaban J connectivity index is 2.61. The van der Waals surface area contributed by atoms with Crippen molar-refractivity contribution in [1.29, 1.82) is 5.26 Å². The van der Waals surface area contributed by atoms with E-state index in [1.165, 1.54) is 0 Å². The largest absolute Gasteiger partial charge is 0.319 e. The van der Waals surface area contributed by atoms with E-state index in [0.29, 0.717) is 5.69 Å². The highest BCUT2D eigenvalue weighted by Gasteiger charge is 2.10. The van der Waals surface area contributed by atoms with Crippen LogP contribution in [-0.4, -0.2) is 9.55 Å². The first-order valence-electron chi connectivity index (χ1n) is 4.40. The SMILES string of the molecule is Cn1c(C#N)cnc1-c1ccccc1Br. The van der Waals surface area contributed by atoms with E-state index in [1.54, 1.807) is 10.8 Å². The van der Waals surface area contributed by atoms with Crippen LogP contribution in [0.4, 0.5) is 0 Å². The summed E-state index contributed by atoms with van der Waals surface area (Å²) >= 11 is 3.46. The number of rotatable bonds is 1. The highest BCUT2D eigenvalue weighted by atomic mass is 79.9. The smallest absolute Gasteiger partial charge is 0.141 e. The summed E-state index contributed by atoms with van der Waals surface area (Å²) in [6.07, 6.45) is 1.58. The van der Waals surface area contributed by atoms with Gasteiger partial charge >= 0.3 is 0 Å². The van der Waals surface area contributed by atoms with Gasteiger partial charge in [-0.2, -0.15) is 5.26 Å². The molecule has 0 aliphatic carbocycles. The number of nitrogens with zero attached hydrogens (tertiary/aromatic N) is 3. The third kappa shape index (κ3) is 1.66. The van der Waals surface area contributed by atoms with Crippen LogP contribution in [0.1, 0.15) is 5.69 Å². The quantitative estimate of drug-likeness (QED) is 0.792. The molecule has 0 fully saturated rings. The second-order valence-electron chi connectivity index (χ2n) is 3.12. The van der Waals surface area contributed by atoms with Crippen LogP contribution >= 0.6 is 15.9 Å². The Kier molecular flexibility index (Phi) is 2.57. The average molecular weight is 262 g/mol. The molecule has 1 heterocycles. The highest BCUT2D eigenvalue weighted by Crippen LogP contribution is 2.26. The normalized spacial score (nSPS) is 9.93. The maximum atomic E-state index is 8.83. The topological polar surface area (TPSA) is 41.6 Å². The standard InChI is InChI=1S/C11H8BrN3/c1-15-8(6-13)7-14-11(15)9-4-2-3-5-10(9)12/h2-5,7H,1H3. The Labute approximate surface area is 96.1 Å². The van der Waals surface area contributed by atoms with Crippen molar-refractivity contribution in [3.8, 4) is 17.5 Å². The molecule has 0 saturated carbocycles. The first-order chi connectivity index (χ1) is 7.24. The first kappa shape index (κ1) is 9.94. The molecule has 0 amide bonds. The molecule has 74 valence electrons. The van der Waals surface area contributed by atoms with E-state index in [0.717, 1.165) is 15.9 Å². The predicted molar refractivity (Wildman–Crippen MR) is 61.1 cm³/mol. The van der Waals surface area contributed by atoms with Crippen LogP contribution in [-0.2, 0) is 7.05 Å². The number of aromatic nitrogens is 2. The summed E-state index contributed by atoms with van der Waals surface area (Å²) in [4.78, 5) is 4.23. The number of imidazole rings is 1. The van der Waals surface area contributed by atoms with Gasteiger partial charge < -0.3 is 4.57 Å². The van der Waals surface area contributed by atoms with E-state index in [4.69, 9.17) is 5.26 Å². The van der Waals surface area contributed by atoms with Gasteiger partial charge in [0.05, 0.1) is 6.20 Å². The molecule has 2 aromatic rings. The van der Waals surface area contributed by atoms with Crippen LogP contribution in [0.3, 0.4) is 0 Å². The van der Waals surface area contributed by atoms with Crippen molar-refractivity contribution in [3.63, 3.8) is 0 Å². The molecule has 0 saturated heterocycles. The summed E-state index contributed by atoms with van der Waals surface area (Å²) in [5.41, 5.74) is 1.54. The van der Waals surface area contributed by atoms with Gasteiger partial charge in [0.2, 0.25) is 0 Å². The lowest BCUT2D eigenvalue weighted by Crippen LogP contribution is -1.95. The number of halogens is 1. The molecule has 0 radical (unpaired) electrons. The molecule has 4 heteroatoms. The lowest BCUT2D eigenvalue weighted by molar-refractivity contribution is 0.907. The van der Waals surface area contributed by atoms with Crippen LogP contribution in [0.25, 0.3) is 11.4 Å². The number of hydrogen-bond donors (Lipinski definition) is 0. The van der Waals surface area contributed by atoms with E-state index in [9.17, 15) is 0 Å². The van der Waals surface area contributed by atoms with E-state index in [1.807, 2.05) is 31.3 Å². The third-order valence-electron chi connectivity index (χ3n) is 2.22. The van der Waals surface area contributed by atoms with Crippen molar-refractivity contribution < 1.29 is 0 Å². The van der Waals surface area contributed by atoms with Crippen molar-refractivity contribution in [1.82, 2.24) is 9.55 Å². The Morgan fingerprint density at radius 2 is 2.13 bits per heavy atom. The summed E-state index contributed by atoms with van der Waals surface area (Å²) in [6, 6.07) is 9.90. The van der Waals surface area contributed by atoms with Gasteiger partial charge in [-0.25, -0.2) is 4.98 Å². The molecule has 0 aliphatic heterocycles. The zero-order chi connectivity index (χ0) is 10.8. The average Bonchev–Trinajstić information content (AvgIpc) is 2.60. The molecule has 3 nitrogen and oxygen atoms in total. The molecule has 0 atom stereocenters. The van der Waals surface area contributed by atoms with Crippen molar-refractivity contribution in [2.75, 3.05) is 0 Å². The summed E-state index contributed by atoms with van der Waals surface area (Å²) in [5, 5.41) is 8.83. The van der Waals surface area contributed by atoms with E-state index in [2.05, 4.69) is 27.0 Å². The molecule has 0 aliphatic rings. The van der Waals surface area contributed by atoms with Crippen LogP contribution in [0.5, 0.6) is 0 Å². The van der Waals surface area contributed by atoms with Crippen LogP contribution in [0.15, 0.2) is 34.9 Å². The molecule has 0 unspecified atom stereocenters. The maximum Gasteiger partial charge on any atom is 0.141 e. The molecule has 2 rings (SSSR count). The molecule has 0 N–H and O–H groups in total. The van der Waals surface area contributed by atoms with E-state index >= 15 is 0 Å². The summed E-state index contributed by atoms with van der Waals surface area (Å²) in [5.74, 6) is 0.791. The van der Waals surface area contributed by atoms with Gasteiger partial charge in [0, 0.05) is 17.1 Å². The maximum absolute atomic E-state index is 8.83. The molecule has 0 bridgehead atoms. The Morgan fingerprint density at radius 3 is 2.73 bits per heavy atom. The van der Waals surface area contributed by atoms with Gasteiger partial charge in [0.1, 0.15) is 17.6 Å². The number of benzene rings is 1. The first-order valence-corrected chi connectivity index (χ1v) is 5.20. The van der Waals surface area contributed by atoms with Crippen LogP contribution in [0.2, 0.25) is 0 Å². The Morgan fingerprint density at radius 1 is 1.40 bits per heavy atom. The summed E-state index contributed by atoms with van der Waals surface area (Å²) in [7, 11) is 1.83. The summed E-state index contributed by atoms with van der Waals surface area (Å²) < 4.78 is 2.75. The predicted octanol–water partition coefficient (Wildman–Crippen LogP) is 2.72. The van der Waals surface area contributed by atoms with Crippen molar-refractivity contribution >= 4 is 15.9 Å². The second-order valence-corrected chi connectivity index (χ2v) is 3.97. The van der Waals surface area contributed by atoms with Crippen molar-refractivity contribution in [2.24, 2.45) is 7.05 Å². The fourth-order valence-corrected chi connectivity index (χ4v) is 1.87. The van der Waals surface area contributed by atoms with Crippen molar-refractivity contribution in [3.05, 3.63) is 40.6 Å². The molecule has 0 spiro atoms. The minimum absolute atomic E-state index is 0.556. The number of hydrogen-bond acceptors (Lipinski definition) is 2. The van der Waals surface area contributed by atoms with Gasteiger partial charge in [-0.05, 0) is 6.07 Å². The van der Waals surface area contributed by atoms with Gasteiger partial charge in [-0.1, -0.05) is 34.1 Å². The van der Waals surface area contributed by atoms with Crippen molar-refractivity contribution in [2.45, 2.75) is 0 Å². The second kappa shape index (κ2) is 3.87. The molecular formula is C11H8BrN3. The van der Waals surface area contributed by atoms with E-state index in [-0.39, 0.29) is 0 Å². The Bertz CT molecular complexity index is 537. The van der Waals surface area contributed by atoms with Gasteiger partial charge in [0.15, 0.2) is 0 Å². The van der Waals surface area contributed by atoms with Crippen LogP contribution in [0, 0.1) is 11.3 Å². The minimum atomic E-state index is 0.556. The molecule has 15 heavy (non-hydrogen) atoms. The lowest BCUT2D eigenvalue weighted by Gasteiger charge is -2.04. The zero-order valence-electron chi connectivity index (χ0n) is 8.11. The summed E-state index contributed by atoms with van der Waals surface area (Å²) in [6.45, 7) is 0. The van der Waals surface area contributed by atoms with Gasteiger partial charge in [-0.15, -0.1) is 0 Å². The Hall–Kier alpha value is -1.60. The lowest BCUT2D eigenvalue weighted by atomic mass is 10.2. The minimum Gasteiger partial charge on any atom is -0.319 e. The van der Waals surface area contributed by atoms with Gasteiger partial charge in [0.25, 0.3) is 0 Å². The monoisotopic (exact) mass is 261 g/mol. The zero-order valence-corrected chi connectivity index (χ0v) is 9.69. The fourth-order valence-electron chi connectivity index (χ4n) is 1.41. The number of nitriles is 1. The molecule has 1 aromatic carbocycles. The van der Waals surface area contributed by atoms with Crippen LogP contribution < -0.4 is 0 Å². The van der Waals surface area contributed by atoms with E-state index < -0.39 is 0 Å². The molecular weight excluding hydrogens is 254 g/mol. The molecule has 1 aromatic heterocycles. The third-order valence-corrected chi connectivity index (χ3v) is 2.91. The fraction of sp³-hybridized carbons (Fsp3) is 0.0909. The highest BCUT2D eigenvalue weighted by molar-refractivity contribution is 9.10. The van der Waals surface area contributed by atoms with Gasteiger partial charge in [-0.3, -0.25) is 0 Å².